The van der Waals surface area contributed by atoms with Gasteiger partial charge in [-0.3, -0.25) is 27.4 Å². The Morgan fingerprint density at radius 3 is 0.595 bits per heavy atom. The third-order valence-electron chi connectivity index (χ3n) is 6.62. The summed E-state index contributed by atoms with van der Waals surface area (Å²) in [6, 6.07) is 21.0. The van der Waals surface area contributed by atoms with Gasteiger partial charge in [0.2, 0.25) is 0 Å². The molecule has 0 radical (unpaired) electrons. The fraction of sp³-hybridized carbons (Fsp3) is 0.222. The van der Waals surface area contributed by atoms with Crippen LogP contribution in [-0.4, -0.2) is 58.0 Å². The van der Waals surface area contributed by atoms with Gasteiger partial charge < -0.3 is 30.6 Å². The first-order valence-corrected chi connectivity index (χ1v) is 12.6. The molecule has 42 heavy (non-hydrogen) atoms. The highest BCUT2D eigenvalue weighted by atomic mass is 16.3. The van der Waals surface area contributed by atoms with Crippen LogP contribution in [0, 0.1) is 0 Å². The molecule has 15 nitrogen and oxygen atoms in total. The standard InChI is InChI=1S/3C9H10N2O3/c3*12-5-10-7-3-1-2-4-8(7)11(6-13)9(10)14/h3*1-4,12-13H,5-6H2. The summed E-state index contributed by atoms with van der Waals surface area (Å²) < 4.78 is 7.20. The first kappa shape index (κ1) is 30.2. The Balaban J connectivity index is 0.000000145. The third kappa shape index (κ3) is 5.30. The predicted octanol–water partition coefficient (Wildman–Crippen LogP) is -0.892. The summed E-state index contributed by atoms with van der Waals surface area (Å²) in [4.78, 5) is 34.7. The van der Waals surface area contributed by atoms with Gasteiger partial charge in [-0.05, 0) is 36.4 Å². The Labute approximate surface area is 236 Å². The van der Waals surface area contributed by atoms with E-state index in [-0.39, 0.29) is 40.4 Å². The first-order valence-electron chi connectivity index (χ1n) is 12.6. The van der Waals surface area contributed by atoms with E-state index in [9.17, 15) is 14.4 Å². The van der Waals surface area contributed by atoms with E-state index >= 15 is 0 Å². The molecular formula is C27H30N6O9. The zero-order valence-corrected chi connectivity index (χ0v) is 22.3. The number of rotatable bonds is 6. The summed E-state index contributed by atoms with van der Waals surface area (Å²) in [5, 5.41) is 54.0. The number of nitrogens with zero attached hydrogens (tertiary/aromatic N) is 6. The topological polar surface area (TPSA) is 202 Å². The number of aliphatic hydroxyl groups is 6. The van der Waals surface area contributed by atoms with Crippen molar-refractivity contribution in [2.45, 2.75) is 40.4 Å². The number of fused-ring (bicyclic) bond motifs is 3. The Morgan fingerprint density at radius 1 is 0.333 bits per heavy atom. The SMILES string of the molecule is O=c1n(CO)c2ccccc2n1CO.O=c1n(CO)c2ccccc2n1CO.O=c1n(CO)c2ccccc2n1CO. The average molecular weight is 583 g/mol. The van der Waals surface area contributed by atoms with E-state index in [0.29, 0.717) is 33.1 Å². The molecule has 0 saturated heterocycles. The molecular weight excluding hydrogens is 552 g/mol. The van der Waals surface area contributed by atoms with Gasteiger partial charge in [-0.25, -0.2) is 14.4 Å². The molecule has 3 heterocycles. The van der Waals surface area contributed by atoms with Crippen LogP contribution in [0.25, 0.3) is 33.1 Å². The van der Waals surface area contributed by atoms with Crippen LogP contribution in [0.15, 0.2) is 87.2 Å². The number of aliphatic hydroxyl groups excluding tert-OH is 6. The smallest absolute Gasteiger partial charge is 0.332 e. The number of para-hydroxylation sites is 6. The molecule has 0 aliphatic carbocycles. The van der Waals surface area contributed by atoms with Crippen molar-refractivity contribution in [2.75, 3.05) is 0 Å². The van der Waals surface area contributed by atoms with E-state index < -0.39 is 17.1 Å². The van der Waals surface area contributed by atoms with Gasteiger partial charge in [0, 0.05) is 0 Å². The molecule has 15 heteroatoms. The van der Waals surface area contributed by atoms with Crippen LogP contribution in [0.2, 0.25) is 0 Å². The maximum Gasteiger partial charge on any atom is 0.332 e. The number of imidazole rings is 3. The van der Waals surface area contributed by atoms with Crippen LogP contribution in [0.4, 0.5) is 0 Å². The summed E-state index contributed by atoms with van der Waals surface area (Å²) in [6.45, 7) is -2.30. The van der Waals surface area contributed by atoms with Gasteiger partial charge in [0.1, 0.15) is 40.4 Å². The van der Waals surface area contributed by atoms with Crippen LogP contribution in [0.5, 0.6) is 0 Å². The molecule has 0 aliphatic heterocycles. The molecule has 222 valence electrons. The predicted molar refractivity (Wildman–Crippen MR) is 152 cm³/mol. The van der Waals surface area contributed by atoms with E-state index in [4.69, 9.17) is 30.6 Å². The van der Waals surface area contributed by atoms with Crippen LogP contribution in [-0.2, 0) is 40.4 Å². The second-order valence-electron chi connectivity index (χ2n) is 8.73. The van der Waals surface area contributed by atoms with E-state index in [1.807, 2.05) is 0 Å². The largest absolute Gasteiger partial charge is 0.376 e. The lowest BCUT2D eigenvalue weighted by Gasteiger charge is -1.94. The Bertz CT molecular complexity index is 1630. The molecule has 0 saturated carbocycles. The van der Waals surface area contributed by atoms with E-state index in [0.717, 1.165) is 0 Å². The maximum atomic E-state index is 11.6. The van der Waals surface area contributed by atoms with Gasteiger partial charge in [0.05, 0.1) is 33.1 Å². The van der Waals surface area contributed by atoms with Gasteiger partial charge in [-0.1, -0.05) is 36.4 Å². The van der Waals surface area contributed by atoms with Crippen molar-refractivity contribution in [1.82, 2.24) is 27.4 Å². The van der Waals surface area contributed by atoms with Crippen molar-refractivity contribution >= 4 is 33.1 Å². The van der Waals surface area contributed by atoms with E-state index in [1.54, 1.807) is 72.8 Å². The van der Waals surface area contributed by atoms with Crippen molar-refractivity contribution in [3.05, 3.63) is 104 Å². The number of hydrogen-bond acceptors (Lipinski definition) is 9. The number of hydrogen-bond donors (Lipinski definition) is 6. The van der Waals surface area contributed by atoms with Crippen LogP contribution < -0.4 is 17.1 Å². The molecule has 0 amide bonds. The lowest BCUT2D eigenvalue weighted by molar-refractivity contribution is 0.191. The third-order valence-corrected chi connectivity index (χ3v) is 6.62. The lowest BCUT2D eigenvalue weighted by atomic mass is 10.3. The summed E-state index contributed by atoms with van der Waals surface area (Å²) in [6.07, 6.45) is 0. The number of benzene rings is 3. The zero-order chi connectivity index (χ0) is 30.4. The highest BCUT2D eigenvalue weighted by molar-refractivity contribution is 5.77. The fourth-order valence-electron chi connectivity index (χ4n) is 4.64. The molecule has 3 aromatic carbocycles. The second kappa shape index (κ2) is 13.3. The molecule has 0 aliphatic rings. The summed E-state index contributed by atoms with van der Waals surface area (Å²) in [5.41, 5.74) is 2.50. The molecule has 6 rings (SSSR count). The van der Waals surface area contributed by atoms with Crippen LogP contribution in [0.3, 0.4) is 0 Å². The summed E-state index contributed by atoms with van der Waals surface area (Å²) >= 11 is 0. The minimum Gasteiger partial charge on any atom is -0.376 e. The summed E-state index contributed by atoms with van der Waals surface area (Å²) in [7, 11) is 0. The van der Waals surface area contributed by atoms with E-state index in [2.05, 4.69) is 0 Å². The van der Waals surface area contributed by atoms with Crippen LogP contribution in [0.1, 0.15) is 0 Å². The quantitative estimate of drug-likeness (QED) is 0.144. The number of aromatic nitrogens is 6. The highest BCUT2D eigenvalue weighted by Crippen LogP contribution is 2.13. The average Bonchev–Trinajstić information content (AvgIpc) is 3.58. The van der Waals surface area contributed by atoms with Gasteiger partial charge >= 0.3 is 17.1 Å². The van der Waals surface area contributed by atoms with Crippen molar-refractivity contribution in [3.8, 4) is 0 Å². The van der Waals surface area contributed by atoms with Crippen molar-refractivity contribution in [1.29, 1.82) is 0 Å². The monoisotopic (exact) mass is 582 g/mol. The Kier molecular flexibility index (Phi) is 9.53. The highest BCUT2D eigenvalue weighted by Gasteiger charge is 2.12. The Hall–Kier alpha value is -4.77. The summed E-state index contributed by atoms with van der Waals surface area (Å²) in [5.74, 6) is 0. The van der Waals surface area contributed by atoms with Crippen molar-refractivity contribution < 1.29 is 30.6 Å². The molecule has 3 aromatic heterocycles. The fourth-order valence-corrected chi connectivity index (χ4v) is 4.64. The molecule has 0 fully saturated rings. The Morgan fingerprint density at radius 2 is 0.476 bits per heavy atom. The lowest BCUT2D eigenvalue weighted by Crippen LogP contribution is -2.24. The van der Waals surface area contributed by atoms with Gasteiger partial charge in [-0.2, -0.15) is 0 Å². The van der Waals surface area contributed by atoms with Gasteiger partial charge in [0.25, 0.3) is 0 Å². The normalized spacial score (nSPS) is 11.0. The molecule has 0 bridgehead atoms. The molecule has 6 aromatic rings. The van der Waals surface area contributed by atoms with Gasteiger partial charge in [-0.15, -0.1) is 0 Å². The molecule has 0 unspecified atom stereocenters. The van der Waals surface area contributed by atoms with Crippen molar-refractivity contribution in [3.63, 3.8) is 0 Å². The van der Waals surface area contributed by atoms with Gasteiger partial charge in [0.15, 0.2) is 0 Å². The minimum absolute atomic E-state index is 0.383. The first-order chi connectivity index (χ1) is 20.4. The molecule has 6 N–H and O–H groups in total. The minimum atomic E-state index is -0.406. The second-order valence-corrected chi connectivity index (χ2v) is 8.73. The molecule has 0 spiro atoms. The molecule has 0 atom stereocenters. The maximum absolute atomic E-state index is 11.6. The van der Waals surface area contributed by atoms with E-state index in [1.165, 1.54) is 27.4 Å². The van der Waals surface area contributed by atoms with Crippen LogP contribution >= 0.6 is 0 Å². The van der Waals surface area contributed by atoms with Crippen molar-refractivity contribution in [2.24, 2.45) is 0 Å². The zero-order valence-electron chi connectivity index (χ0n) is 22.3.